The van der Waals surface area contributed by atoms with Crippen molar-refractivity contribution in [3.63, 3.8) is 0 Å². The molecule has 2 N–H and O–H groups in total. The van der Waals surface area contributed by atoms with E-state index < -0.39 is 48.0 Å². The predicted molar refractivity (Wildman–Crippen MR) is 173 cm³/mol. The normalized spacial score (nSPS) is 11.5. The average Bonchev–Trinajstić information content (AvgIpc) is 2.98. The number of sulfonamides is 2. The van der Waals surface area contributed by atoms with Gasteiger partial charge in [-0.15, -0.1) is 0 Å². The monoisotopic (exact) mass is 712 g/mol. The third-order valence-corrected chi connectivity index (χ3v) is 10.5. The van der Waals surface area contributed by atoms with Gasteiger partial charge in [-0.25, -0.2) is 16.8 Å². The van der Waals surface area contributed by atoms with Crippen molar-refractivity contribution < 1.29 is 31.3 Å². The van der Waals surface area contributed by atoms with Crippen LogP contribution in [0, 0.1) is 17.0 Å². The van der Waals surface area contributed by atoms with Gasteiger partial charge in [0.1, 0.15) is 12.3 Å². The fourth-order valence-electron chi connectivity index (χ4n) is 4.07. The van der Waals surface area contributed by atoms with Gasteiger partial charge in [-0.1, -0.05) is 46.9 Å². The number of anilines is 3. The molecule has 0 aliphatic carbocycles. The van der Waals surface area contributed by atoms with Crippen molar-refractivity contribution in [3.8, 4) is 5.75 Å². The van der Waals surface area contributed by atoms with Gasteiger partial charge in [0.2, 0.25) is 5.91 Å². The second-order valence-electron chi connectivity index (χ2n) is 9.31. The molecule has 0 aromatic heterocycles. The Morgan fingerprint density at radius 3 is 2.24 bits per heavy atom. The summed E-state index contributed by atoms with van der Waals surface area (Å²) in [4.78, 5) is 23.4. The minimum atomic E-state index is -4.60. The molecule has 45 heavy (non-hydrogen) atoms. The van der Waals surface area contributed by atoms with Gasteiger partial charge >= 0.3 is 0 Å². The van der Waals surface area contributed by atoms with Crippen LogP contribution in [0.1, 0.15) is 5.56 Å². The quantitative estimate of drug-likeness (QED) is 0.131. The molecule has 0 aliphatic rings. The maximum absolute atomic E-state index is 13.9. The van der Waals surface area contributed by atoms with Gasteiger partial charge in [0.05, 0.1) is 43.2 Å². The summed E-state index contributed by atoms with van der Waals surface area (Å²) < 4.78 is 61.9. The third kappa shape index (κ3) is 7.60. The molecule has 0 atom stereocenters. The lowest BCUT2D eigenvalue weighted by molar-refractivity contribution is -0.385. The maximum atomic E-state index is 13.9. The van der Waals surface area contributed by atoms with Crippen LogP contribution in [0.25, 0.3) is 0 Å². The number of nitrogens with zero attached hydrogens (tertiary/aromatic N) is 2. The smallest absolute Gasteiger partial charge is 0.273 e. The Labute approximate surface area is 273 Å². The van der Waals surface area contributed by atoms with Gasteiger partial charge < -0.3 is 10.1 Å². The van der Waals surface area contributed by atoms with Crippen LogP contribution < -0.4 is 19.1 Å². The summed E-state index contributed by atoms with van der Waals surface area (Å²) >= 11 is 18.2. The number of carbonyl (C=O) groups is 1. The molecule has 0 bridgehead atoms. The number of nitrogens with one attached hydrogen (secondary N) is 2. The molecule has 0 fully saturated rings. The molecule has 17 heteroatoms. The Morgan fingerprint density at radius 2 is 1.60 bits per heavy atom. The standard InChI is InChI=1S/C28H23Cl3N4O8S2/c1-17-6-10-21(15-24(17)35(37)38)45(41,42)34(25-14-18(29)7-13-26(25)43-2)16-27(36)32-19-8-11-20(12-9-19)44(39,40)33-23-5-3-4-22(30)28(23)31/h3-15,33H,16H2,1-2H3,(H,32,36). The molecule has 0 heterocycles. The molecule has 1 amide bonds. The summed E-state index contributed by atoms with van der Waals surface area (Å²) in [5.74, 6) is -0.777. The van der Waals surface area contributed by atoms with Crippen molar-refractivity contribution in [2.75, 3.05) is 28.0 Å². The van der Waals surface area contributed by atoms with E-state index in [9.17, 15) is 31.7 Å². The number of rotatable bonds is 11. The number of carbonyl (C=O) groups excluding carboxylic acids is 1. The number of hydrogen-bond acceptors (Lipinski definition) is 8. The van der Waals surface area contributed by atoms with Crippen molar-refractivity contribution in [3.05, 3.63) is 110 Å². The lowest BCUT2D eigenvalue weighted by Crippen LogP contribution is -2.38. The Balaban J connectivity index is 1.63. The number of halogens is 3. The number of nitro benzene ring substituents is 1. The fourth-order valence-corrected chi connectivity index (χ4v) is 7.15. The Morgan fingerprint density at radius 1 is 0.933 bits per heavy atom. The topological polar surface area (TPSA) is 165 Å². The van der Waals surface area contributed by atoms with Gasteiger partial charge in [-0.2, -0.15) is 0 Å². The molecule has 236 valence electrons. The van der Waals surface area contributed by atoms with E-state index in [0.29, 0.717) is 4.31 Å². The van der Waals surface area contributed by atoms with E-state index in [1.807, 2.05) is 0 Å². The molecule has 0 unspecified atom stereocenters. The van der Waals surface area contributed by atoms with Gasteiger partial charge in [-0.05, 0) is 67.6 Å². The number of hydrogen-bond donors (Lipinski definition) is 2. The number of nitro groups is 1. The minimum Gasteiger partial charge on any atom is -0.495 e. The number of aryl methyl sites for hydroxylation is 1. The molecule has 4 rings (SSSR count). The zero-order chi connectivity index (χ0) is 33.1. The first-order valence-electron chi connectivity index (χ1n) is 12.6. The van der Waals surface area contributed by atoms with Crippen molar-refractivity contribution in [1.29, 1.82) is 0 Å². The summed E-state index contributed by atoms with van der Waals surface area (Å²) in [7, 11) is -7.41. The van der Waals surface area contributed by atoms with E-state index in [4.69, 9.17) is 39.5 Å². The summed E-state index contributed by atoms with van der Waals surface area (Å²) in [6.45, 7) is 0.647. The molecule has 0 radical (unpaired) electrons. The SMILES string of the molecule is COc1ccc(Cl)cc1N(CC(=O)Nc1ccc(S(=O)(=O)Nc2cccc(Cl)c2Cl)cc1)S(=O)(=O)c1ccc(C)c([N+](=O)[O-])c1. The fraction of sp³-hybridized carbons (Fsp3) is 0.107. The molecule has 0 saturated heterocycles. The van der Waals surface area contributed by atoms with Crippen molar-refractivity contribution in [2.45, 2.75) is 16.7 Å². The lowest BCUT2D eigenvalue weighted by atomic mass is 10.2. The zero-order valence-electron chi connectivity index (χ0n) is 23.3. The number of benzene rings is 4. The highest BCUT2D eigenvalue weighted by atomic mass is 35.5. The van der Waals surface area contributed by atoms with E-state index in [-0.39, 0.29) is 48.3 Å². The highest BCUT2D eigenvalue weighted by molar-refractivity contribution is 7.93. The predicted octanol–water partition coefficient (Wildman–Crippen LogP) is 6.51. The first-order chi connectivity index (χ1) is 21.1. The van der Waals surface area contributed by atoms with E-state index in [1.165, 1.54) is 86.8 Å². The number of ether oxygens (including phenoxy) is 1. The second kappa shape index (κ2) is 13.5. The van der Waals surface area contributed by atoms with E-state index in [1.54, 1.807) is 0 Å². The van der Waals surface area contributed by atoms with Crippen molar-refractivity contribution in [1.82, 2.24) is 0 Å². The number of methoxy groups -OCH3 is 1. The Bertz CT molecular complexity index is 2010. The van der Waals surface area contributed by atoms with Crippen LogP contribution in [0.2, 0.25) is 15.1 Å². The maximum Gasteiger partial charge on any atom is 0.273 e. The van der Waals surface area contributed by atoms with Crippen LogP contribution in [0.3, 0.4) is 0 Å². The van der Waals surface area contributed by atoms with Crippen LogP contribution in [0.5, 0.6) is 5.75 Å². The van der Waals surface area contributed by atoms with Gasteiger partial charge in [0.25, 0.3) is 25.7 Å². The summed E-state index contributed by atoms with van der Waals surface area (Å²) in [5.41, 5.74) is -0.0875. The van der Waals surface area contributed by atoms with Crippen LogP contribution >= 0.6 is 34.8 Å². The van der Waals surface area contributed by atoms with Crippen molar-refractivity contribution >= 4 is 83.5 Å². The van der Waals surface area contributed by atoms with Crippen LogP contribution in [0.15, 0.2) is 88.7 Å². The van der Waals surface area contributed by atoms with Gasteiger partial charge in [0.15, 0.2) is 0 Å². The summed E-state index contributed by atoms with van der Waals surface area (Å²) in [6.07, 6.45) is 0. The zero-order valence-corrected chi connectivity index (χ0v) is 27.2. The van der Waals surface area contributed by atoms with E-state index in [0.717, 1.165) is 6.07 Å². The largest absolute Gasteiger partial charge is 0.495 e. The van der Waals surface area contributed by atoms with Crippen LogP contribution in [0.4, 0.5) is 22.7 Å². The molecule has 12 nitrogen and oxygen atoms in total. The lowest BCUT2D eigenvalue weighted by Gasteiger charge is -2.26. The first kappa shape index (κ1) is 33.8. The van der Waals surface area contributed by atoms with Crippen molar-refractivity contribution in [2.24, 2.45) is 0 Å². The van der Waals surface area contributed by atoms with Crippen LogP contribution in [-0.4, -0.2) is 41.3 Å². The third-order valence-electron chi connectivity index (χ3n) is 6.31. The summed E-state index contributed by atoms with van der Waals surface area (Å²) in [5, 5.41) is 14.3. The van der Waals surface area contributed by atoms with Gasteiger partial charge in [-0.3, -0.25) is 23.9 Å². The highest BCUT2D eigenvalue weighted by Crippen LogP contribution is 2.36. The molecule has 0 aliphatic heterocycles. The van der Waals surface area contributed by atoms with Crippen LogP contribution in [-0.2, 0) is 24.8 Å². The summed E-state index contributed by atoms with van der Waals surface area (Å²) in [6, 6.07) is 17.0. The Kier molecular flexibility index (Phi) is 10.1. The highest BCUT2D eigenvalue weighted by Gasteiger charge is 2.31. The van der Waals surface area contributed by atoms with Gasteiger partial charge in [0, 0.05) is 22.3 Å². The molecule has 4 aromatic carbocycles. The van der Waals surface area contributed by atoms with E-state index >= 15 is 0 Å². The van der Waals surface area contributed by atoms with E-state index in [2.05, 4.69) is 10.0 Å². The first-order valence-corrected chi connectivity index (χ1v) is 16.7. The average molecular weight is 714 g/mol. The minimum absolute atomic E-state index is 0.0164. The molecular weight excluding hydrogens is 691 g/mol. The molecule has 4 aromatic rings. The molecule has 0 saturated carbocycles. The molecule has 0 spiro atoms. The number of amides is 1. The second-order valence-corrected chi connectivity index (χ2v) is 14.1. The molecular formula is C28H23Cl3N4O8S2. The Hall–Kier alpha value is -4.08.